The van der Waals surface area contributed by atoms with E-state index < -0.39 is 59.6 Å². The van der Waals surface area contributed by atoms with Gasteiger partial charge in [-0.3, -0.25) is 9.78 Å². The van der Waals surface area contributed by atoms with Crippen LogP contribution >= 0.6 is 0 Å². The Morgan fingerprint density at radius 2 is 1.86 bits per heavy atom. The minimum Gasteiger partial charge on any atom is -0.394 e. The van der Waals surface area contributed by atoms with Crippen molar-refractivity contribution in [1.82, 2.24) is 14.6 Å². The van der Waals surface area contributed by atoms with Crippen molar-refractivity contribution in [1.29, 1.82) is 0 Å². The highest BCUT2D eigenvalue weighted by atomic mass is 19.1. The van der Waals surface area contributed by atoms with Crippen LogP contribution in [-0.2, 0) is 17.2 Å². The van der Waals surface area contributed by atoms with Crippen molar-refractivity contribution in [3.8, 4) is 11.1 Å². The Morgan fingerprint density at radius 1 is 1.14 bits per heavy atom. The van der Waals surface area contributed by atoms with Gasteiger partial charge in [-0.05, 0) is 18.6 Å². The number of aliphatic hydroxyl groups is 4. The summed E-state index contributed by atoms with van der Waals surface area (Å²) >= 11 is 0. The number of aliphatic hydroxyl groups excluding tert-OH is 2. The monoisotopic (exact) mass is 489 g/mol. The minimum atomic E-state index is -3.24. The van der Waals surface area contributed by atoms with E-state index in [0.717, 1.165) is 17.8 Å². The second-order valence-electron chi connectivity index (χ2n) is 8.32. The second-order valence-corrected chi connectivity index (χ2v) is 8.32. The smallest absolute Gasteiger partial charge is 0.332 e. The lowest BCUT2D eigenvalue weighted by molar-refractivity contribution is -0.413. The number of nitrogens with one attached hydrogen (secondary N) is 1. The first-order chi connectivity index (χ1) is 16.5. The maximum absolute atomic E-state index is 14.4. The largest absolute Gasteiger partial charge is 0.394 e. The van der Waals surface area contributed by atoms with Gasteiger partial charge in [-0.2, -0.15) is 0 Å². The molecule has 12 heteroatoms. The Balaban J connectivity index is 1.88. The summed E-state index contributed by atoms with van der Waals surface area (Å²) in [5.41, 5.74) is -4.78. The number of nitrogens with zero attached hydrogens (tertiary/aromatic N) is 2. The van der Waals surface area contributed by atoms with Gasteiger partial charge in [0.05, 0.1) is 18.7 Å². The van der Waals surface area contributed by atoms with Crippen LogP contribution in [0.15, 0.2) is 64.3 Å². The first kappa shape index (κ1) is 24.9. The number of H-pyrrole nitrogens is 1. The molecule has 1 fully saturated rings. The number of aromatic nitrogens is 2. The van der Waals surface area contributed by atoms with Gasteiger partial charge >= 0.3 is 11.6 Å². The van der Waals surface area contributed by atoms with Crippen molar-refractivity contribution in [2.75, 3.05) is 6.61 Å². The van der Waals surface area contributed by atoms with Crippen LogP contribution < -0.4 is 11.2 Å². The zero-order chi connectivity index (χ0) is 25.5. The van der Waals surface area contributed by atoms with Gasteiger partial charge in [0.2, 0.25) is 5.72 Å². The van der Waals surface area contributed by atoms with Crippen molar-refractivity contribution < 1.29 is 34.8 Å². The van der Waals surface area contributed by atoms with Crippen LogP contribution in [0.2, 0.25) is 0 Å². The number of aromatic amines is 1. The van der Waals surface area contributed by atoms with E-state index in [0.29, 0.717) is 10.1 Å². The van der Waals surface area contributed by atoms with Crippen molar-refractivity contribution in [2.24, 2.45) is 0 Å². The van der Waals surface area contributed by atoms with E-state index in [-0.39, 0.29) is 10.6 Å². The van der Waals surface area contributed by atoms with Crippen molar-refractivity contribution >= 4 is 0 Å². The maximum atomic E-state index is 14.4. The van der Waals surface area contributed by atoms with Crippen LogP contribution in [0.1, 0.15) is 11.1 Å². The number of ether oxygens (including phenoxy) is 1. The van der Waals surface area contributed by atoms with Crippen LogP contribution in [-0.4, -0.2) is 64.8 Å². The van der Waals surface area contributed by atoms with Gasteiger partial charge in [0, 0.05) is 11.8 Å². The topological polar surface area (TPSA) is 168 Å². The van der Waals surface area contributed by atoms with E-state index in [9.17, 15) is 39.6 Å². The SMILES string of the molecule is Cc1cccc(CN(O)[C@@]2(O)[C@H](O)[C@@H](CO)O[C@@]2(O)n2cc(-c3ccccc3F)c(=O)[nH]c2=O)c1. The third kappa shape index (κ3) is 4.00. The van der Waals surface area contributed by atoms with Gasteiger partial charge in [0.15, 0.2) is 0 Å². The Labute approximate surface area is 197 Å². The number of hydrogen-bond donors (Lipinski definition) is 6. The molecule has 11 nitrogen and oxygen atoms in total. The molecule has 0 radical (unpaired) electrons. The van der Waals surface area contributed by atoms with Gasteiger partial charge in [0.25, 0.3) is 5.56 Å². The summed E-state index contributed by atoms with van der Waals surface area (Å²) in [5, 5.41) is 54.3. The minimum absolute atomic E-state index is 0.169. The molecule has 6 N–H and O–H groups in total. The first-order valence-electron chi connectivity index (χ1n) is 10.6. The third-order valence-corrected chi connectivity index (χ3v) is 5.98. The number of halogens is 1. The molecule has 0 unspecified atom stereocenters. The molecule has 2 heterocycles. The van der Waals surface area contributed by atoms with E-state index >= 15 is 0 Å². The molecule has 3 aromatic rings. The molecule has 0 spiro atoms. The molecule has 1 aliphatic rings. The van der Waals surface area contributed by atoms with Crippen LogP contribution in [0.25, 0.3) is 11.1 Å². The highest BCUT2D eigenvalue weighted by molar-refractivity contribution is 5.62. The average molecular weight is 489 g/mol. The molecule has 0 saturated carbocycles. The highest BCUT2D eigenvalue weighted by Crippen LogP contribution is 2.43. The van der Waals surface area contributed by atoms with Crippen molar-refractivity contribution in [3.63, 3.8) is 0 Å². The molecule has 1 aromatic heterocycles. The van der Waals surface area contributed by atoms with E-state index in [1.165, 1.54) is 18.2 Å². The van der Waals surface area contributed by atoms with Gasteiger partial charge in [0.1, 0.15) is 18.0 Å². The van der Waals surface area contributed by atoms with Crippen LogP contribution in [0, 0.1) is 12.7 Å². The highest BCUT2D eigenvalue weighted by Gasteiger charge is 2.70. The quantitative estimate of drug-likeness (QED) is 0.199. The lowest BCUT2D eigenvalue weighted by Crippen LogP contribution is -2.68. The molecule has 4 atom stereocenters. The van der Waals surface area contributed by atoms with Crippen LogP contribution in [0.5, 0.6) is 0 Å². The fraction of sp³-hybridized carbons (Fsp3) is 0.304. The average Bonchev–Trinajstić information content (AvgIpc) is 3.02. The molecule has 1 saturated heterocycles. The Kier molecular flexibility index (Phi) is 6.46. The lowest BCUT2D eigenvalue weighted by Gasteiger charge is -2.42. The standard InChI is InChI=1S/C23H24FN3O8/c1-13-5-4-6-14(9-13)10-27(34)22(32)19(29)18(12-28)35-23(22,33)26-11-16(20(30)25-21(26)31)15-7-2-3-8-17(15)24/h2-9,11,18-19,28-29,32-34H,10,12H2,1H3,(H,25,30,31)/t18-,19-,22-,23-/m1/s1. The number of benzene rings is 2. The van der Waals surface area contributed by atoms with E-state index in [4.69, 9.17) is 4.74 Å². The van der Waals surface area contributed by atoms with E-state index in [2.05, 4.69) is 0 Å². The normalized spacial score (nSPS) is 26.4. The number of hydroxylamine groups is 2. The van der Waals surface area contributed by atoms with E-state index in [1.54, 1.807) is 31.2 Å². The second kappa shape index (κ2) is 9.09. The summed E-state index contributed by atoms with van der Waals surface area (Å²) in [6, 6.07) is 11.9. The molecule has 0 bridgehead atoms. The van der Waals surface area contributed by atoms with E-state index in [1.807, 2.05) is 4.98 Å². The summed E-state index contributed by atoms with van der Waals surface area (Å²) < 4.78 is 20.0. The summed E-state index contributed by atoms with van der Waals surface area (Å²) in [7, 11) is 0. The van der Waals surface area contributed by atoms with Crippen molar-refractivity contribution in [3.05, 3.63) is 92.5 Å². The first-order valence-corrected chi connectivity index (χ1v) is 10.6. The lowest BCUT2D eigenvalue weighted by atomic mass is 9.99. The Hall–Kier alpha value is -3.23. The fourth-order valence-electron chi connectivity index (χ4n) is 4.18. The molecule has 1 aliphatic heterocycles. The van der Waals surface area contributed by atoms with Gasteiger partial charge in [-0.1, -0.05) is 48.0 Å². The molecule has 0 amide bonds. The van der Waals surface area contributed by atoms with Crippen LogP contribution in [0.4, 0.5) is 4.39 Å². The zero-order valence-corrected chi connectivity index (χ0v) is 18.5. The predicted molar refractivity (Wildman–Crippen MR) is 118 cm³/mol. The van der Waals surface area contributed by atoms with Gasteiger partial charge in [-0.15, -0.1) is 5.06 Å². The summed E-state index contributed by atoms with van der Waals surface area (Å²) in [6.45, 7) is 0.426. The fourth-order valence-corrected chi connectivity index (χ4v) is 4.18. The molecule has 4 rings (SSSR count). The molecular weight excluding hydrogens is 465 g/mol. The summed E-state index contributed by atoms with van der Waals surface area (Å²) in [4.78, 5) is 27.1. The predicted octanol–water partition coefficient (Wildman–Crippen LogP) is -0.414. The zero-order valence-electron chi connectivity index (χ0n) is 18.5. The Morgan fingerprint density at radius 3 is 2.51 bits per heavy atom. The number of aryl methyl sites for hydroxylation is 1. The number of hydrogen-bond acceptors (Lipinski definition) is 9. The van der Waals surface area contributed by atoms with Gasteiger partial charge in [-0.25, -0.2) is 13.8 Å². The van der Waals surface area contributed by atoms with Crippen LogP contribution in [0.3, 0.4) is 0 Å². The molecule has 0 aliphatic carbocycles. The molecule has 186 valence electrons. The third-order valence-electron chi connectivity index (χ3n) is 5.98. The maximum Gasteiger partial charge on any atom is 0.332 e. The van der Waals surface area contributed by atoms with Crippen molar-refractivity contribution in [2.45, 2.75) is 37.3 Å². The van der Waals surface area contributed by atoms with Gasteiger partial charge < -0.3 is 30.4 Å². The Bertz CT molecular complexity index is 1360. The summed E-state index contributed by atoms with van der Waals surface area (Å²) in [5.74, 6) is -4.05. The molecule has 35 heavy (non-hydrogen) atoms. The molecular formula is C23H24FN3O8. The molecule has 2 aromatic carbocycles. The number of rotatable bonds is 6. The summed E-state index contributed by atoms with van der Waals surface area (Å²) in [6.07, 6.45) is -3.06.